The molecule has 0 bridgehead atoms. The minimum Gasteiger partial charge on any atom is -0.467 e. The number of carbonyl (C=O) groups excluding carboxylic acids is 1. The zero-order valence-electron chi connectivity index (χ0n) is 11.7. The third-order valence-corrected chi connectivity index (χ3v) is 4.62. The summed E-state index contributed by atoms with van der Waals surface area (Å²) in [6.45, 7) is 1.65. The first-order chi connectivity index (χ1) is 10.4. The molecule has 0 aliphatic heterocycles. The highest BCUT2D eigenvalue weighted by Crippen LogP contribution is 2.15. The Morgan fingerprint density at radius 3 is 2.73 bits per heavy atom. The molecule has 1 amide bonds. The molecule has 0 aliphatic carbocycles. The summed E-state index contributed by atoms with van der Waals surface area (Å²) in [5, 5.41) is 2.89. The second-order valence-electron chi connectivity index (χ2n) is 4.60. The van der Waals surface area contributed by atoms with E-state index in [0.717, 1.165) is 0 Å². The molecular weight excluding hydrogens is 328 g/mol. The lowest BCUT2D eigenvalue weighted by Crippen LogP contribution is -2.44. The van der Waals surface area contributed by atoms with Crippen molar-refractivity contribution in [1.82, 2.24) is 10.0 Å². The molecule has 0 unspecified atom stereocenters. The molecule has 0 saturated heterocycles. The molecule has 118 valence electrons. The van der Waals surface area contributed by atoms with Crippen LogP contribution in [0.2, 0.25) is 5.02 Å². The van der Waals surface area contributed by atoms with Crippen LogP contribution in [0.3, 0.4) is 0 Å². The molecule has 22 heavy (non-hydrogen) atoms. The fourth-order valence-electron chi connectivity index (χ4n) is 1.73. The zero-order chi connectivity index (χ0) is 16.2. The van der Waals surface area contributed by atoms with Crippen LogP contribution in [-0.2, 0) is 21.4 Å². The summed E-state index contributed by atoms with van der Waals surface area (Å²) in [4.78, 5) is 11.9. The number of benzene rings is 1. The van der Waals surface area contributed by atoms with E-state index < -0.39 is 22.0 Å². The average Bonchev–Trinajstić information content (AvgIpc) is 2.97. The van der Waals surface area contributed by atoms with Gasteiger partial charge in [0.2, 0.25) is 15.9 Å². The largest absolute Gasteiger partial charge is 0.467 e. The Hall–Kier alpha value is -1.83. The molecule has 0 spiro atoms. The van der Waals surface area contributed by atoms with E-state index in [9.17, 15) is 13.2 Å². The summed E-state index contributed by atoms with van der Waals surface area (Å²) in [6.07, 6.45) is 1.49. The normalized spacial score (nSPS) is 12.8. The first-order valence-corrected chi connectivity index (χ1v) is 8.32. The van der Waals surface area contributed by atoms with Gasteiger partial charge in [0.05, 0.1) is 23.7 Å². The molecule has 1 heterocycles. The summed E-state index contributed by atoms with van der Waals surface area (Å²) in [7, 11) is -3.82. The van der Waals surface area contributed by atoms with Gasteiger partial charge in [-0.25, -0.2) is 8.42 Å². The number of amides is 1. The Morgan fingerprint density at radius 1 is 1.32 bits per heavy atom. The second kappa shape index (κ2) is 6.95. The minimum absolute atomic E-state index is 0.00526. The van der Waals surface area contributed by atoms with Gasteiger partial charge in [-0.1, -0.05) is 17.7 Å². The number of nitrogens with one attached hydrogen (secondary N) is 2. The van der Waals surface area contributed by atoms with Crippen LogP contribution in [0.15, 0.2) is 52.0 Å². The predicted octanol–water partition coefficient (Wildman–Crippen LogP) is 1.92. The summed E-state index contributed by atoms with van der Waals surface area (Å²) in [5.74, 6) is 0.125. The van der Waals surface area contributed by atoms with Crippen molar-refractivity contribution < 1.29 is 17.6 Å². The van der Waals surface area contributed by atoms with Crippen molar-refractivity contribution in [2.45, 2.75) is 24.4 Å². The van der Waals surface area contributed by atoms with Gasteiger partial charge in [0.1, 0.15) is 5.76 Å². The van der Waals surface area contributed by atoms with Gasteiger partial charge >= 0.3 is 0 Å². The monoisotopic (exact) mass is 342 g/mol. The van der Waals surface area contributed by atoms with Gasteiger partial charge in [0.15, 0.2) is 0 Å². The Labute approximate surface area is 133 Å². The van der Waals surface area contributed by atoms with Crippen molar-refractivity contribution in [3.8, 4) is 0 Å². The standard InChI is InChI=1S/C14H15ClN2O4S/c1-10(14(18)16-9-12-5-3-7-21-12)17-22(19,20)13-6-2-4-11(15)8-13/h2-8,10,17H,9H2,1H3,(H,16,18)/t10-/m1/s1. The van der Waals surface area contributed by atoms with Gasteiger partial charge in [-0.3, -0.25) is 4.79 Å². The maximum atomic E-state index is 12.2. The molecule has 1 aromatic carbocycles. The molecule has 8 heteroatoms. The zero-order valence-corrected chi connectivity index (χ0v) is 13.3. The van der Waals surface area contributed by atoms with E-state index in [1.807, 2.05) is 0 Å². The van der Waals surface area contributed by atoms with Crippen LogP contribution in [-0.4, -0.2) is 20.4 Å². The third-order valence-electron chi connectivity index (χ3n) is 2.85. The fourth-order valence-corrected chi connectivity index (χ4v) is 3.23. The van der Waals surface area contributed by atoms with E-state index >= 15 is 0 Å². The SMILES string of the molecule is C[C@@H](NS(=O)(=O)c1cccc(Cl)c1)C(=O)NCc1ccco1. The van der Waals surface area contributed by atoms with Crippen LogP contribution in [0.25, 0.3) is 0 Å². The first-order valence-electron chi connectivity index (χ1n) is 6.46. The van der Waals surface area contributed by atoms with Crippen LogP contribution in [0, 0.1) is 0 Å². The highest BCUT2D eigenvalue weighted by Gasteiger charge is 2.22. The Bertz CT molecular complexity index is 744. The molecule has 2 rings (SSSR count). The summed E-state index contributed by atoms with van der Waals surface area (Å²) < 4.78 is 31.7. The lowest BCUT2D eigenvalue weighted by atomic mass is 10.3. The lowest BCUT2D eigenvalue weighted by Gasteiger charge is -2.14. The maximum absolute atomic E-state index is 12.2. The van der Waals surface area contributed by atoms with Crippen molar-refractivity contribution in [2.24, 2.45) is 0 Å². The number of rotatable bonds is 6. The number of furan rings is 1. The highest BCUT2D eigenvalue weighted by atomic mass is 35.5. The van der Waals surface area contributed by atoms with Crippen LogP contribution >= 0.6 is 11.6 Å². The van der Waals surface area contributed by atoms with Gasteiger partial charge < -0.3 is 9.73 Å². The number of carbonyl (C=O) groups is 1. The lowest BCUT2D eigenvalue weighted by molar-refractivity contribution is -0.122. The Kier molecular flexibility index (Phi) is 5.23. The van der Waals surface area contributed by atoms with E-state index in [4.69, 9.17) is 16.0 Å². The van der Waals surface area contributed by atoms with Crippen LogP contribution in [0.1, 0.15) is 12.7 Å². The number of hydrogen-bond donors (Lipinski definition) is 2. The summed E-state index contributed by atoms with van der Waals surface area (Å²) in [6, 6.07) is 8.30. The highest BCUT2D eigenvalue weighted by molar-refractivity contribution is 7.89. The fraction of sp³-hybridized carbons (Fsp3) is 0.214. The molecule has 0 aliphatic rings. The molecule has 1 atom stereocenters. The molecule has 1 aromatic heterocycles. The van der Waals surface area contributed by atoms with E-state index in [-0.39, 0.29) is 11.4 Å². The average molecular weight is 343 g/mol. The summed E-state index contributed by atoms with van der Waals surface area (Å²) in [5.41, 5.74) is 0. The molecule has 6 nitrogen and oxygen atoms in total. The first kappa shape index (κ1) is 16.5. The molecule has 0 radical (unpaired) electrons. The second-order valence-corrected chi connectivity index (χ2v) is 6.75. The number of halogens is 1. The molecule has 2 N–H and O–H groups in total. The van der Waals surface area contributed by atoms with Crippen molar-refractivity contribution in [2.75, 3.05) is 0 Å². The van der Waals surface area contributed by atoms with Gasteiger partial charge in [-0.15, -0.1) is 0 Å². The van der Waals surface area contributed by atoms with Crippen molar-refractivity contribution in [3.05, 3.63) is 53.4 Å². The molecule has 0 saturated carbocycles. The topological polar surface area (TPSA) is 88.4 Å². The quantitative estimate of drug-likeness (QED) is 0.839. The maximum Gasteiger partial charge on any atom is 0.241 e. The van der Waals surface area contributed by atoms with E-state index in [1.165, 1.54) is 31.4 Å². The Morgan fingerprint density at radius 2 is 2.09 bits per heavy atom. The van der Waals surface area contributed by atoms with E-state index in [2.05, 4.69) is 10.0 Å². The smallest absolute Gasteiger partial charge is 0.241 e. The van der Waals surface area contributed by atoms with Crippen molar-refractivity contribution >= 4 is 27.5 Å². The molecule has 2 aromatic rings. The Balaban J connectivity index is 1.98. The van der Waals surface area contributed by atoms with Crippen LogP contribution in [0.4, 0.5) is 0 Å². The molecule has 0 fully saturated rings. The van der Waals surface area contributed by atoms with Gasteiger partial charge in [-0.05, 0) is 37.3 Å². The number of sulfonamides is 1. The van der Waals surface area contributed by atoms with Crippen LogP contribution < -0.4 is 10.0 Å². The predicted molar refractivity (Wildman–Crippen MR) is 81.8 cm³/mol. The van der Waals surface area contributed by atoms with Crippen LogP contribution in [0.5, 0.6) is 0 Å². The summed E-state index contributed by atoms with van der Waals surface area (Å²) >= 11 is 5.77. The molecular formula is C14H15ClN2O4S. The van der Waals surface area contributed by atoms with Gasteiger partial charge in [-0.2, -0.15) is 4.72 Å². The van der Waals surface area contributed by atoms with E-state index in [1.54, 1.807) is 18.2 Å². The van der Waals surface area contributed by atoms with Crippen molar-refractivity contribution in [1.29, 1.82) is 0 Å². The van der Waals surface area contributed by atoms with Crippen molar-refractivity contribution in [3.63, 3.8) is 0 Å². The number of hydrogen-bond acceptors (Lipinski definition) is 4. The minimum atomic E-state index is -3.82. The van der Waals surface area contributed by atoms with Gasteiger partial charge in [0.25, 0.3) is 0 Å². The van der Waals surface area contributed by atoms with E-state index in [0.29, 0.717) is 10.8 Å². The van der Waals surface area contributed by atoms with Gasteiger partial charge in [0, 0.05) is 5.02 Å². The third kappa shape index (κ3) is 4.33.